The number of fused-ring (bicyclic) bond motifs is 1. The monoisotopic (exact) mass is 441 g/mol. The summed E-state index contributed by atoms with van der Waals surface area (Å²) in [5.74, 6) is -0.383. The summed E-state index contributed by atoms with van der Waals surface area (Å²) >= 11 is 0. The molecule has 0 saturated heterocycles. The van der Waals surface area contributed by atoms with Crippen molar-refractivity contribution in [1.29, 1.82) is 0 Å². The molecular weight excluding hydrogens is 414 g/mol. The number of hydrogen-bond donors (Lipinski definition) is 2. The van der Waals surface area contributed by atoms with Crippen LogP contribution in [0.15, 0.2) is 79.0 Å². The minimum absolute atomic E-state index is 0.0241. The van der Waals surface area contributed by atoms with Crippen LogP contribution in [0.3, 0.4) is 0 Å². The quantitative estimate of drug-likeness (QED) is 0.265. The number of carbonyl (C=O) groups is 1. The highest BCUT2D eigenvalue weighted by Gasteiger charge is 2.23. The average molecular weight is 442 g/mol. The number of nitrogens with one attached hydrogen (secondary N) is 2. The number of amides is 1. The second-order valence-electron chi connectivity index (χ2n) is 8.13. The summed E-state index contributed by atoms with van der Waals surface area (Å²) < 4.78 is 0. The second-order valence-corrected chi connectivity index (χ2v) is 8.13. The van der Waals surface area contributed by atoms with Gasteiger partial charge in [0.1, 0.15) is 0 Å². The Labute approximate surface area is 192 Å². The maximum Gasteiger partial charge on any atom is 0.269 e. The van der Waals surface area contributed by atoms with E-state index in [9.17, 15) is 14.9 Å². The summed E-state index contributed by atoms with van der Waals surface area (Å²) in [6, 6.07) is 22.7. The molecule has 0 bridgehead atoms. The number of nitro groups is 1. The zero-order chi connectivity index (χ0) is 23.2. The highest BCUT2D eigenvalue weighted by atomic mass is 16.6. The van der Waals surface area contributed by atoms with Crippen molar-refractivity contribution in [3.05, 3.63) is 111 Å². The summed E-state index contributed by atoms with van der Waals surface area (Å²) in [6.07, 6.45) is 3.78. The third-order valence-electron chi connectivity index (χ3n) is 6.04. The van der Waals surface area contributed by atoms with E-state index in [4.69, 9.17) is 0 Å². The summed E-state index contributed by atoms with van der Waals surface area (Å²) in [4.78, 5) is 27.3. The molecule has 0 aliphatic carbocycles. The van der Waals surface area contributed by atoms with Gasteiger partial charge in [0.25, 0.3) is 5.69 Å². The lowest BCUT2D eigenvalue weighted by atomic mass is 9.87. The summed E-state index contributed by atoms with van der Waals surface area (Å²) in [7, 11) is 0. The largest absolute Gasteiger partial charge is 0.361 e. The first-order valence-corrected chi connectivity index (χ1v) is 11.2. The van der Waals surface area contributed by atoms with Crippen LogP contribution in [0.1, 0.15) is 41.5 Å². The molecule has 2 N–H and O–H groups in total. The SMILES string of the molecule is CCc1cccc2c([C@@H](CC(=O)NCCc3ccccc3)c3cccc([N+](=O)[O-])c3)c[nH]c12. The van der Waals surface area contributed by atoms with Crippen molar-refractivity contribution >= 4 is 22.5 Å². The highest BCUT2D eigenvalue weighted by Crippen LogP contribution is 2.35. The number of benzene rings is 3. The van der Waals surface area contributed by atoms with Crippen molar-refractivity contribution in [2.24, 2.45) is 0 Å². The summed E-state index contributed by atoms with van der Waals surface area (Å²) in [5.41, 5.74) is 5.16. The maximum absolute atomic E-state index is 12.9. The predicted octanol–water partition coefficient (Wildman–Crippen LogP) is 5.52. The molecule has 4 rings (SSSR count). The maximum atomic E-state index is 12.9. The fourth-order valence-corrected chi connectivity index (χ4v) is 4.33. The van der Waals surface area contributed by atoms with Gasteiger partial charge in [-0.05, 0) is 35.1 Å². The lowest BCUT2D eigenvalue weighted by molar-refractivity contribution is -0.384. The minimum Gasteiger partial charge on any atom is -0.361 e. The number of aryl methyl sites for hydroxylation is 1. The Kier molecular flexibility index (Phi) is 6.83. The van der Waals surface area contributed by atoms with Crippen LogP contribution in [-0.2, 0) is 17.6 Å². The number of non-ortho nitro benzene ring substituents is 1. The lowest BCUT2D eigenvalue weighted by Crippen LogP contribution is -2.27. The van der Waals surface area contributed by atoms with Crippen molar-refractivity contribution in [3.8, 4) is 0 Å². The van der Waals surface area contributed by atoms with Crippen LogP contribution in [0.4, 0.5) is 5.69 Å². The molecular formula is C27H27N3O3. The molecule has 6 heteroatoms. The Morgan fingerprint density at radius 2 is 1.85 bits per heavy atom. The van der Waals surface area contributed by atoms with Gasteiger partial charge in [0, 0.05) is 48.1 Å². The molecule has 33 heavy (non-hydrogen) atoms. The fourth-order valence-electron chi connectivity index (χ4n) is 4.33. The number of hydrogen-bond acceptors (Lipinski definition) is 3. The molecule has 3 aromatic carbocycles. The van der Waals surface area contributed by atoms with Crippen LogP contribution in [0.25, 0.3) is 10.9 Å². The first-order valence-electron chi connectivity index (χ1n) is 11.2. The number of nitro benzene ring substituents is 1. The van der Waals surface area contributed by atoms with E-state index in [0.717, 1.165) is 40.4 Å². The number of nitrogens with zero attached hydrogens (tertiary/aromatic N) is 1. The van der Waals surface area contributed by atoms with Crippen LogP contribution in [0, 0.1) is 10.1 Å². The molecule has 0 aliphatic heterocycles. The number of rotatable bonds is 9. The molecule has 168 valence electrons. The second kappa shape index (κ2) is 10.1. The average Bonchev–Trinajstić information content (AvgIpc) is 3.27. The van der Waals surface area contributed by atoms with E-state index in [1.54, 1.807) is 12.1 Å². The van der Waals surface area contributed by atoms with E-state index in [0.29, 0.717) is 6.54 Å². The molecule has 0 saturated carbocycles. The van der Waals surface area contributed by atoms with Gasteiger partial charge in [0.15, 0.2) is 0 Å². The minimum atomic E-state index is -0.398. The van der Waals surface area contributed by atoms with Crippen LogP contribution in [0.5, 0.6) is 0 Å². The van der Waals surface area contributed by atoms with Gasteiger partial charge >= 0.3 is 0 Å². The normalized spacial score (nSPS) is 11.9. The Hall–Kier alpha value is -3.93. The molecule has 0 radical (unpaired) electrons. The number of aromatic amines is 1. The Balaban J connectivity index is 1.62. The van der Waals surface area contributed by atoms with Gasteiger partial charge in [0.2, 0.25) is 5.91 Å². The lowest BCUT2D eigenvalue weighted by Gasteiger charge is -2.17. The highest BCUT2D eigenvalue weighted by molar-refractivity contribution is 5.88. The third kappa shape index (κ3) is 5.12. The molecule has 1 heterocycles. The van der Waals surface area contributed by atoms with Crippen molar-refractivity contribution in [1.82, 2.24) is 10.3 Å². The van der Waals surface area contributed by atoms with Gasteiger partial charge in [0.05, 0.1) is 4.92 Å². The van der Waals surface area contributed by atoms with Gasteiger partial charge in [-0.25, -0.2) is 0 Å². The van der Waals surface area contributed by atoms with Crippen molar-refractivity contribution in [2.75, 3.05) is 6.54 Å². The molecule has 0 spiro atoms. The van der Waals surface area contributed by atoms with Gasteiger partial charge in [-0.1, -0.05) is 67.6 Å². The van der Waals surface area contributed by atoms with Crippen molar-refractivity contribution in [2.45, 2.75) is 32.1 Å². The Bertz CT molecular complexity index is 1260. The number of aromatic nitrogens is 1. The topological polar surface area (TPSA) is 88.0 Å². The van der Waals surface area contributed by atoms with Crippen LogP contribution in [-0.4, -0.2) is 22.4 Å². The predicted molar refractivity (Wildman–Crippen MR) is 130 cm³/mol. The van der Waals surface area contributed by atoms with Crippen molar-refractivity contribution < 1.29 is 9.72 Å². The summed E-state index contributed by atoms with van der Waals surface area (Å²) in [5, 5.41) is 15.4. The third-order valence-corrected chi connectivity index (χ3v) is 6.04. The molecule has 1 amide bonds. The number of carbonyl (C=O) groups excluding carboxylic acids is 1. The number of para-hydroxylation sites is 1. The van der Waals surface area contributed by atoms with E-state index >= 15 is 0 Å². The van der Waals surface area contributed by atoms with E-state index in [-0.39, 0.29) is 23.9 Å². The van der Waals surface area contributed by atoms with E-state index in [1.807, 2.05) is 54.7 Å². The molecule has 4 aromatic rings. The van der Waals surface area contributed by atoms with Gasteiger partial charge in [-0.2, -0.15) is 0 Å². The van der Waals surface area contributed by atoms with Crippen LogP contribution in [0.2, 0.25) is 0 Å². The molecule has 0 aliphatic rings. The first-order chi connectivity index (χ1) is 16.1. The zero-order valence-electron chi connectivity index (χ0n) is 18.6. The molecule has 0 fully saturated rings. The molecule has 1 aromatic heterocycles. The van der Waals surface area contributed by atoms with Gasteiger partial charge in [-0.15, -0.1) is 0 Å². The van der Waals surface area contributed by atoms with Gasteiger partial charge in [-0.3, -0.25) is 14.9 Å². The van der Waals surface area contributed by atoms with E-state index in [1.165, 1.54) is 11.6 Å². The van der Waals surface area contributed by atoms with Crippen molar-refractivity contribution in [3.63, 3.8) is 0 Å². The van der Waals surface area contributed by atoms with E-state index < -0.39 is 4.92 Å². The number of H-pyrrole nitrogens is 1. The zero-order valence-corrected chi connectivity index (χ0v) is 18.6. The smallest absolute Gasteiger partial charge is 0.269 e. The van der Waals surface area contributed by atoms with Gasteiger partial charge < -0.3 is 10.3 Å². The fraction of sp³-hybridized carbons (Fsp3) is 0.222. The Morgan fingerprint density at radius 3 is 2.61 bits per heavy atom. The van der Waals surface area contributed by atoms with Crippen LogP contribution < -0.4 is 5.32 Å². The Morgan fingerprint density at radius 1 is 1.06 bits per heavy atom. The molecule has 6 nitrogen and oxygen atoms in total. The van der Waals surface area contributed by atoms with Crippen LogP contribution >= 0.6 is 0 Å². The van der Waals surface area contributed by atoms with E-state index in [2.05, 4.69) is 23.3 Å². The molecule has 0 unspecified atom stereocenters. The standard InChI is InChI=1S/C27H27N3O3/c1-2-20-10-7-13-23-25(18-29-27(20)23)24(21-11-6-12-22(16-21)30(32)33)17-26(31)28-15-14-19-8-4-3-5-9-19/h3-13,16,18,24,29H,2,14-15,17H2,1H3,(H,28,31)/t24-/m0/s1. The molecule has 1 atom stereocenters. The summed E-state index contributed by atoms with van der Waals surface area (Å²) in [6.45, 7) is 2.64. The first kappa shape index (κ1) is 22.3.